The number of hydrogen-bond acceptors (Lipinski definition) is 4. The molecule has 0 bridgehead atoms. The molecular weight excluding hydrogens is 347 g/mol. The summed E-state index contributed by atoms with van der Waals surface area (Å²) in [6.45, 7) is 11.0. The van der Waals surface area contributed by atoms with E-state index in [0.29, 0.717) is 15.8 Å². The first-order valence-electron chi connectivity index (χ1n) is 6.49. The Hall–Kier alpha value is -0.851. The molecule has 102 valence electrons. The van der Waals surface area contributed by atoms with Crippen LogP contribution < -0.4 is 13.9 Å². The summed E-state index contributed by atoms with van der Waals surface area (Å²) in [6.07, 6.45) is 1.87. The van der Waals surface area contributed by atoms with E-state index in [4.69, 9.17) is 4.98 Å². The number of hydrogen-bond donors (Lipinski definition) is 1. The second kappa shape index (κ2) is 5.26. The molecule has 2 heterocycles. The molecule has 2 radical (unpaired) electrons. The van der Waals surface area contributed by atoms with E-state index in [1.807, 2.05) is 20.0 Å². The molecule has 0 saturated heterocycles. The molecule has 0 saturated carbocycles. The number of carbonyl (C=O) groups is 1. The Balaban J connectivity index is 2.39. The Labute approximate surface area is 124 Å². The van der Waals surface area contributed by atoms with Crippen LogP contribution in [0.3, 0.4) is 0 Å². The van der Waals surface area contributed by atoms with Gasteiger partial charge in [-0.1, -0.05) is 0 Å². The molecule has 0 spiro atoms. The van der Waals surface area contributed by atoms with E-state index < -0.39 is 21.1 Å². The van der Waals surface area contributed by atoms with E-state index >= 15 is 0 Å². The van der Waals surface area contributed by atoms with Crippen molar-refractivity contribution in [2.45, 2.75) is 44.1 Å². The van der Waals surface area contributed by atoms with Gasteiger partial charge in [0.25, 0.3) is 0 Å². The van der Waals surface area contributed by atoms with E-state index in [1.54, 1.807) is 4.90 Å². The molecule has 2 rings (SSSR count). The molecule has 1 aromatic heterocycles. The molecule has 19 heavy (non-hydrogen) atoms. The van der Waals surface area contributed by atoms with Gasteiger partial charge in [0, 0.05) is 0 Å². The van der Waals surface area contributed by atoms with E-state index in [2.05, 4.69) is 31.1 Å². The standard InChI is InChI=1S/C9H11N4O.C4H9.Sn/c1-6(2)13-7(14)5-12-8-9(13)11-4-3-10-8;1-4(2)3;/h3,6H,5H2,1-2H3,(H,10,12);1-3H3;. The topological polar surface area (TPSA) is 58.1 Å². The number of nitrogens with zero attached hydrogens (tertiary/aromatic N) is 3. The van der Waals surface area contributed by atoms with Crippen molar-refractivity contribution in [1.82, 2.24) is 9.97 Å². The van der Waals surface area contributed by atoms with Crippen LogP contribution in [0.25, 0.3) is 0 Å². The minimum absolute atomic E-state index is 0.0649. The Morgan fingerprint density at radius 2 is 2.11 bits per heavy atom. The summed E-state index contributed by atoms with van der Waals surface area (Å²) in [5.74, 6) is 1.49. The van der Waals surface area contributed by atoms with Gasteiger partial charge in [-0.15, -0.1) is 0 Å². The van der Waals surface area contributed by atoms with Crippen LogP contribution in [0.5, 0.6) is 0 Å². The first-order valence-corrected chi connectivity index (χ1v) is 9.34. The van der Waals surface area contributed by atoms with Crippen molar-refractivity contribution >= 4 is 42.4 Å². The molecule has 0 fully saturated rings. The summed E-state index contributed by atoms with van der Waals surface area (Å²) >= 11 is -0.809. The fourth-order valence-electron chi connectivity index (χ4n) is 2.01. The number of amides is 1. The quantitative estimate of drug-likeness (QED) is 0.799. The summed E-state index contributed by atoms with van der Waals surface area (Å²) in [4.78, 5) is 22.9. The average Bonchev–Trinajstić information content (AvgIpc) is 2.25. The van der Waals surface area contributed by atoms with Crippen molar-refractivity contribution in [3.05, 3.63) is 6.20 Å². The van der Waals surface area contributed by atoms with Gasteiger partial charge in [-0.2, -0.15) is 0 Å². The van der Waals surface area contributed by atoms with Crippen LogP contribution in [0.15, 0.2) is 6.20 Å². The number of rotatable bonds is 2. The molecule has 5 nitrogen and oxygen atoms in total. The minimum atomic E-state index is -0.809. The molecule has 0 atom stereocenters. The zero-order chi connectivity index (χ0) is 14.2. The normalized spacial score (nSPS) is 15.5. The van der Waals surface area contributed by atoms with E-state index in [9.17, 15) is 4.79 Å². The van der Waals surface area contributed by atoms with Gasteiger partial charge < -0.3 is 0 Å². The van der Waals surface area contributed by atoms with Gasteiger partial charge in [0.1, 0.15) is 0 Å². The molecule has 1 N–H and O–H groups in total. The Morgan fingerprint density at radius 1 is 1.42 bits per heavy atom. The van der Waals surface area contributed by atoms with Crippen molar-refractivity contribution in [1.29, 1.82) is 0 Å². The number of carbonyl (C=O) groups excluding carboxylic acids is 1. The molecule has 0 unspecified atom stereocenters. The van der Waals surface area contributed by atoms with Gasteiger partial charge in [-0.3, -0.25) is 0 Å². The maximum atomic E-state index is 12.0. The predicted octanol–water partition coefficient (Wildman–Crippen LogP) is 1.19. The average molecular weight is 367 g/mol. The number of aromatic nitrogens is 2. The van der Waals surface area contributed by atoms with Crippen molar-refractivity contribution in [3.8, 4) is 0 Å². The van der Waals surface area contributed by atoms with Crippen LogP contribution in [0.2, 0.25) is 3.43 Å². The number of fused-ring (bicyclic) bond motifs is 1. The fraction of sp³-hybridized carbons (Fsp3) is 0.615. The third-order valence-corrected chi connectivity index (χ3v) is 6.24. The number of nitrogens with one attached hydrogen (secondary N) is 1. The van der Waals surface area contributed by atoms with Gasteiger partial charge in [0.15, 0.2) is 0 Å². The molecule has 1 aromatic rings. The first-order chi connectivity index (χ1) is 8.78. The van der Waals surface area contributed by atoms with Gasteiger partial charge in [0.2, 0.25) is 0 Å². The van der Waals surface area contributed by atoms with Crippen molar-refractivity contribution in [2.75, 3.05) is 16.8 Å². The van der Waals surface area contributed by atoms with Gasteiger partial charge in [-0.05, 0) is 0 Å². The Kier molecular flexibility index (Phi) is 4.03. The van der Waals surface area contributed by atoms with Gasteiger partial charge in [0.05, 0.1) is 0 Å². The van der Waals surface area contributed by atoms with Crippen LogP contribution in [-0.4, -0.2) is 49.6 Å². The van der Waals surface area contributed by atoms with Gasteiger partial charge in [-0.25, -0.2) is 0 Å². The Bertz CT molecular complexity index is 496. The zero-order valence-electron chi connectivity index (χ0n) is 12.1. The van der Waals surface area contributed by atoms with E-state index in [1.165, 1.54) is 0 Å². The second-order valence-corrected chi connectivity index (χ2v) is 12.5. The molecule has 6 heteroatoms. The van der Waals surface area contributed by atoms with Crippen LogP contribution in [0.4, 0.5) is 11.6 Å². The SMILES string of the molecule is CC(C)N1C(=O)CNc2nc[c]([Sn][C](C)(C)C)nc21. The van der Waals surface area contributed by atoms with Crippen LogP contribution in [0, 0.1) is 0 Å². The fourth-order valence-corrected chi connectivity index (χ4v) is 5.04. The summed E-state index contributed by atoms with van der Waals surface area (Å²) in [5.41, 5.74) is 0. The van der Waals surface area contributed by atoms with Crippen molar-refractivity contribution in [2.24, 2.45) is 0 Å². The van der Waals surface area contributed by atoms with E-state index in [-0.39, 0.29) is 11.9 Å². The molecule has 1 amide bonds. The second-order valence-electron chi connectivity index (χ2n) is 6.01. The summed E-state index contributed by atoms with van der Waals surface area (Å²) in [6, 6.07) is 0.109. The van der Waals surface area contributed by atoms with Crippen LogP contribution in [-0.2, 0) is 4.79 Å². The third kappa shape index (κ3) is 3.37. The maximum absolute atomic E-state index is 12.0. The van der Waals surface area contributed by atoms with E-state index in [0.717, 1.165) is 9.53 Å². The summed E-state index contributed by atoms with van der Waals surface area (Å²) in [7, 11) is 0. The summed E-state index contributed by atoms with van der Waals surface area (Å²) in [5, 5.41) is 3.04. The number of anilines is 2. The Morgan fingerprint density at radius 3 is 2.68 bits per heavy atom. The predicted molar refractivity (Wildman–Crippen MR) is 78.2 cm³/mol. The van der Waals surface area contributed by atoms with Crippen molar-refractivity contribution in [3.63, 3.8) is 0 Å². The molecule has 0 aliphatic carbocycles. The van der Waals surface area contributed by atoms with Gasteiger partial charge >= 0.3 is 124 Å². The third-order valence-electron chi connectivity index (χ3n) is 2.68. The van der Waals surface area contributed by atoms with Crippen LogP contribution >= 0.6 is 0 Å². The molecule has 1 aliphatic rings. The van der Waals surface area contributed by atoms with Crippen molar-refractivity contribution < 1.29 is 4.79 Å². The summed E-state index contributed by atoms with van der Waals surface area (Å²) < 4.78 is 1.41. The zero-order valence-corrected chi connectivity index (χ0v) is 15.0. The van der Waals surface area contributed by atoms with Crippen LogP contribution in [0.1, 0.15) is 34.6 Å². The first kappa shape index (κ1) is 14.6. The molecule has 1 aliphatic heterocycles. The molecular formula is C13H20N4OSn. The monoisotopic (exact) mass is 368 g/mol. The molecule has 0 aromatic carbocycles.